The maximum atomic E-state index is 12.3. The molecule has 2 aromatic rings. The van der Waals surface area contributed by atoms with Gasteiger partial charge in [0, 0.05) is 17.5 Å². The zero-order chi connectivity index (χ0) is 17.9. The van der Waals surface area contributed by atoms with Gasteiger partial charge in [0.2, 0.25) is 5.91 Å². The maximum Gasteiger partial charge on any atom is 0.292 e. The number of hydrogen-bond donors (Lipinski definition) is 1. The molecule has 7 nitrogen and oxygen atoms in total. The third-order valence-electron chi connectivity index (χ3n) is 3.62. The number of aryl methyl sites for hydroxylation is 2. The fourth-order valence-corrected chi connectivity index (χ4v) is 2.84. The fourth-order valence-electron chi connectivity index (χ4n) is 1.98. The van der Waals surface area contributed by atoms with Gasteiger partial charge in [0.25, 0.3) is 5.69 Å². The average molecular weight is 346 g/mol. The van der Waals surface area contributed by atoms with Crippen molar-refractivity contribution in [3.8, 4) is 0 Å². The smallest absolute Gasteiger partial charge is 0.292 e. The number of nitrogens with zero attached hydrogens (tertiary/aromatic N) is 3. The summed E-state index contributed by atoms with van der Waals surface area (Å²) in [7, 11) is 0. The van der Waals surface area contributed by atoms with Gasteiger partial charge in [0.1, 0.15) is 5.69 Å². The van der Waals surface area contributed by atoms with Gasteiger partial charge in [0.05, 0.1) is 10.2 Å². The number of aromatic nitrogens is 2. The van der Waals surface area contributed by atoms with Gasteiger partial charge in [0.15, 0.2) is 5.16 Å². The topological polar surface area (TPSA) is 98.0 Å². The van der Waals surface area contributed by atoms with Crippen molar-refractivity contribution in [2.45, 2.75) is 38.1 Å². The molecule has 0 radical (unpaired) electrons. The van der Waals surface area contributed by atoms with Gasteiger partial charge < -0.3 is 5.32 Å². The van der Waals surface area contributed by atoms with Crippen LogP contribution in [0.3, 0.4) is 0 Å². The number of carbonyl (C=O) groups excluding carboxylic acids is 1. The second-order valence-corrected chi connectivity index (χ2v) is 6.63. The first-order valence-electron chi connectivity index (χ1n) is 7.32. The van der Waals surface area contributed by atoms with Crippen molar-refractivity contribution in [2.24, 2.45) is 0 Å². The minimum absolute atomic E-state index is 0.138. The minimum Gasteiger partial charge on any atom is -0.319 e. The molecular weight excluding hydrogens is 328 g/mol. The summed E-state index contributed by atoms with van der Waals surface area (Å²) in [5.74, 6) is -0.339. The predicted octanol–water partition coefficient (Wildman–Crippen LogP) is 3.43. The zero-order valence-electron chi connectivity index (χ0n) is 13.9. The van der Waals surface area contributed by atoms with Gasteiger partial charge in [-0.3, -0.25) is 14.9 Å². The van der Waals surface area contributed by atoms with Gasteiger partial charge in [-0.15, -0.1) is 0 Å². The van der Waals surface area contributed by atoms with E-state index < -0.39 is 10.2 Å². The van der Waals surface area contributed by atoms with Crippen LogP contribution in [-0.4, -0.2) is 26.0 Å². The van der Waals surface area contributed by atoms with Crippen LogP contribution in [0.25, 0.3) is 0 Å². The maximum absolute atomic E-state index is 12.3. The number of anilines is 1. The summed E-state index contributed by atoms with van der Waals surface area (Å²) >= 11 is 1.22. The Labute approximate surface area is 144 Å². The van der Waals surface area contributed by atoms with Crippen LogP contribution < -0.4 is 5.32 Å². The minimum atomic E-state index is -0.525. The highest BCUT2D eigenvalue weighted by Gasteiger charge is 2.20. The van der Waals surface area contributed by atoms with Crippen LogP contribution in [0.2, 0.25) is 0 Å². The number of rotatable bonds is 5. The number of nitro groups is 1. The fraction of sp³-hybridized carbons (Fsp3) is 0.312. The Balaban J connectivity index is 2.12. The number of amides is 1. The standard InChI is InChI=1S/C16H18N4O3S/c1-9-10(2)17-16(18-11(9)3)24-12(4)15(21)19-13-7-5-6-8-14(13)20(22)23/h5-8,12H,1-4H3,(H,19,21)/t12-/m0/s1. The molecule has 0 spiro atoms. The Hall–Kier alpha value is -2.48. The number of benzene rings is 1. The van der Waals surface area contributed by atoms with Crippen LogP contribution in [0.15, 0.2) is 29.4 Å². The van der Waals surface area contributed by atoms with E-state index in [1.54, 1.807) is 19.1 Å². The van der Waals surface area contributed by atoms with Crippen molar-refractivity contribution in [3.05, 3.63) is 51.3 Å². The molecule has 0 bridgehead atoms. The Morgan fingerprint density at radius 1 is 1.21 bits per heavy atom. The normalized spacial score (nSPS) is 11.8. The quantitative estimate of drug-likeness (QED) is 0.385. The van der Waals surface area contributed by atoms with E-state index in [1.807, 2.05) is 20.8 Å². The van der Waals surface area contributed by atoms with E-state index in [0.29, 0.717) is 5.16 Å². The number of nitro benzene ring substituents is 1. The molecule has 0 aliphatic carbocycles. The first-order chi connectivity index (χ1) is 11.3. The summed E-state index contributed by atoms with van der Waals surface area (Å²) in [6, 6.07) is 6.04. The van der Waals surface area contributed by atoms with Crippen molar-refractivity contribution < 1.29 is 9.72 Å². The first-order valence-corrected chi connectivity index (χ1v) is 8.20. The Bertz CT molecular complexity index is 772. The molecule has 1 atom stereocenters. The largest absolute Gasteiger partial charge is 0.319 e. The third kappa shape index (κ3) is 4.08. The summed E-state index contributed by atoms with van der Waals surface area (Å²) in [6.45, 7) is 7.45. The number of hydrogen-bond acceptors (Lipinski definition) is 6. The number of nitrogens with one attached hydrogen (secondary N) is 1. The Morgan fingerprint density at radius 3 is 2.38 bits per heavy atom. The van der Waals surface area contributed by atoms with E-state index in [1.165, 1.54) is 23.9 Å². The molecule has 8 heteroatoms. The van der Waals surface area contributed by atoms with E-state index in [9.17, 15) is 14.9 Å². The van der Waals surface area contributed by atoms with Gasteiger partial charge in [-0.25, -0.2) is 9.97 Å². The van der Waals surface area contributed by atoms with E-state index in [2.05, 4.69) is 15.3 Å². The molecule has 1 amide bonds. The van der Waals surface area contributed by atoms with Crippen LogP contribution in [0.1, 0.15) is 23.9 Å². The Kier molecular flexibility index (Phi) is 5.50. The van der Waals surface area contributed by atoms with Crippen LogP contribution in [0, 0.1) is 30.9 Å². The average Bonchev–Trinajstić information content (AvgIpc) is 2.52. The summed E-state index contributed by atoms with van der Waals surface area (Å²) < 4.78 is 0. The molecule has 1 heterocycles. The highest BCUT2D eigenvalue weighted by atomic mass is 32.2. The summed E-state index contributed by atoms with van der Waals surface area (Å²) in [4.78, 5) is 31.5. The summed E-state index contributed by atoms with van der Waals surface area (Å²) in [5.41, 5.74) is 2.81. The van der Waals surface area contributed by atoms with Crippen molar-refractivity contribution in [3.63, 3.8) is 0 Å². The lowest BCUT2D eigenvalue weighted by atomic mass is 10.2. The lowest BCUT2D eigenvalue weighted by Gasteiger charge is -2.12. The molecule has 0 aliphatic heterocycles. The lowest BCUT2D eigenvalue weighted by molar-refractivity contribution is -0.383. The molecule has 0 unspecified atom stereocenters. The molecular formula is C16H18N4O3S. The van der Waals surface area contributed by atoms with Gasteiger partial charge in [-0.05, 0) is 39.3 Å². The van der Waals surface area contributed by atoms with E-state index in [-0.39, 0.29) is 17.3 Å². The Morgan fingerprint density at radius 2 is 1.79 bits per heavy atom. The molecule has 1 aromatic heterocycles. The molecule has 0 saturated heterocycles. The summed E-state index contributed by atoms with van der Waals surface area (Å²) in [6.07, 6.45) is 0. The van der Waals surface area contributed by atoms with Gasteiger partial charge >= 0.3 is 0 Å². The predicted molar refractivity (Wildman–Crippen MR) is 93.3 cm³/mol. The van der Waals surface area contributed by atoms with E-state index in [0.717, 1.165) is 17.0 Å². The zero-order valence-corrected chi connectivity index (χ0v) is 14.7. The van der Waals surface area contributed by atoms with Crippen LogP contribution in [-0.2, 0) is 4.79 Å². The van der Waals surface area contributed by atoms with Crippen molar-refractivity contribution in [1.29, 1.82) is 0 Å². The summed E-state index contributed by atoms with van der Waals surface area (Å²) in [5, 5.41) is 13.6. The third-order valence-corrected chi connectivity index (χ3v) is 4.58. The SMILES string of the molecule is Cc1nc(S[C@@H](C)C(=O)Nc2ccccc2[N+](=O)[O-])nc(C)c1C. The number of thioether (sulfide) groups is 1. The van der Waals surface area contributed by atoms with Crippen molar-refractivity contribution in [2.75, 3.05) is 5.32 Å². The second-order valence-electron chi connectivity index (χ2n) is 5.33. The molecule has 0 fully saturated rings. The second kappa shape index (κ2) is 7.39. The van der Waals surface area contributed by atoms with Crippen molar-refractivity contribution >= 4 is 29.0 Å². The first kappa shape index (κ1) is 17.9. The molecule has 1 N–H and O–H groups in total. The molecule has 24 heavy (non-hydrogen) atoms. The van der Waals surface area contributed by atoms with Crippen LogP contribution in [0.5, 0.6) is 0 Å². The molecule has 126 valence electrons. The molecule has 1 aromatic carbocycles. The van der Waals surface area contributed by atoms with Gasteiger partial charge in [-0.1, -0.05) is 23.9 Å². The highest BCUT2D eigenvalue weighted by Crippen LogP contribution is 2.26. The monoisotopic (exact) mass is 346 g/mol. The highest BCUT2D eigenvalue weighted by molar-refractivity contribution is 8.00. The van der Waals surface area contributed by atoms with Crippen LogP contribution in [0.4, 0.5) is 11.4 Å². The number of para-hydroxylation sites is 2. The van der Waals surface area contributed by atoms with Crippen LogP contribution >= 0.6 is 11.8 Å². The van der Waals surface area contributed by atoms with E-state index in [4.69, 9.17) is 0 Å². The molecule has 0 aliphatic rings. The van der Waals surface area contributed by atoms with E-state index >= 15 is 0 Å². The molecule has 2 rings (SSSR count). The van der Waals surface area contributed by atoms with Gasteiger partial charge in [-0.2, -0.15) is 0 Å². The van der Waals surface area contributed by atoms with Crippen molar-refractivity contribution in [1.82, 2.24) is 9.97 Å². The molecule has 0 saturated carbocycles. The lowest BCUT2D eigenvalue weighted by Crippen LogP contribution is -2.23. The number of carbonyl (C=O) groups is 1.